The van der Waals surface area contributed by atoms with E-state index in [0.717, 1.165) is 180 Å². The van der Waals surface area contributed by atoms with Crippen molar-refractivity contribution in [2.24, 2.45) is 23.7 Å². The van der Waals surface area contributed by atoms with E-state index in [1.807, 2.05) is 0 Å². The Kier molecular flexibility index (Phi) is 26.7. The lowest BCUT2D eigenvalue weighted by Crippen LogP contribution is -2.33. The predicted molar refractivity (Wildman–Crippen MR) is 231 cm³/mol. The van der Waals surface area contributed by atoms with Gasteiger partial charge in [0.05, 0.1) is 44.1 Å². The highest BCUT2D eigenvalue weighted by molar-refractivity contribution is 5.81. The molecule has 4 rings (SSSR count). The van der Waals surface area contributed by atoms with Crippen LogP contribution in [0.4, 0.5) is 4.39 Å². The average molecular weight is 849 g/mol. The summed E-state index contributed by atoms with van der Waals surface area (Å²) in [6, 6.07) is 0. The van der Waals surface area contributed by atoms with Gasteiger partial charge in [0.1, 0.15) is 12.3 Å². The van der Waals surface area contributed by atoms with Crippen molar-refractivity contribution in [3.05, 3.63) is 12.7 Å². The van der Waals surface area contributed by atoms with Crippen LogP contribution in [0.3, 0.4) is 0 Å². The predicted octanol–water partition coefficient (Wildman–Crippen LogP) is 10.1. The number of ether oxygens (including phenoxy) is 5. The topological polar surface area (TPSA) is 119 Å². The molecule has 1 N–H and O–H groups in total. The van der Waals surface area contributed by atoms with Gasteiger partial charge in [-0.25, -0.2) is 19.0 Å². The molecular formula is C49H81FO10. The first-order valence-electron chi connectivity index (χ1n) is 24.3. The smallest absolute Gasteiger partial charge is 0.330 e. The van der Waals surface area contributed by atoms with E-state index in [0.29, 0.717) is 56.7 Å². The summed E-state index contributed by atoms with van der Waals surface area (Å²) >= 11 is 0. The minimum atomic E-state index is -1.04. The van der Waals surface area contributed by atoms with E-state index in [1.54, 1.807) is 0 Å². The van der Waals surface area contributed by atoms with Crippen molar-refractivity contribution >= 4 is 11.9 Å². The molecular weight excluding hydrogens is 768 g/mol. The first kappa shape index (κ1) is 50.6. The van der Waals surface area contributed by atoms with Crippen LogP contribution in [-0.4, -0.2) is 93.9 Å². The Hall–Kier alpha value is -2.07. The van der Waals surface area contributed by atoms with Crippen LogP contribution in [-0.2, 0) is 43.0 Å². The van der Waals surface area contributed by atoms with Crippen molar-refractivity contribution in [1.29, 1.82) is 0 Å². The van der Waals surface area contributed by atoms with Gasteiger partial charge in [0.25, 0.3) is 0 Å². The molecule has 0 spiro atoms. The van der Waals surface area contributed by atoms with Gasteiger partial charge in [0, 0.05) is 44.3 Å². The molecule has 0 aromatic heterocycles. The van der Waals surface area contributed by atoms with Crippen molar-refractivity contribution in [3.63, 3.8) is 0 Å². The first-order valence-corrected chi connectivity index (χ1v) is 24.3. The molecule has 11 heteroatoms. The van der Waals surface area contributed by atoms with Gasteiger partial charge in [-0.05, 0) is 154 Å². The second-order valence-electron chi connectivity index (χ2n) is 17.9. The molecule has 0 saturated heterocycles. The van der Waals surface area contributed by atoms with Crippen LogP contribution in [0.2, 0.25) is 0 Å². The zero-order valence-electron chi connectivity index (χ0n) is 37.0. The van der Waals surface area contributed by atoms with E-state index in [2.05, 4.69) is 18.4 Å². The normalized spacial score (nSPS) is 28.3. The third-order valence-corrected chi connectivity index (χ3v) is 13.0. The lowest BCUT2D eigenvalue weighted by molar-refractivity contribution is -0.344. The summed E-state index contributed by atoms with van der Waals surface area (Å²) in [6.45, 7) is 7.45. The number of carbonyl (C=O) groups excluding carboxylic acids is 2. The highest BCUT2D eigenvalue weighted by Crippen LogP contribution is 2.32. The molecule has 4 fully saturated rings. The number of unbranched alkanes of at least 4 members (excludes halogenated alkanes) is 9. The Morgan fingerprint density at radius 2 is 1.07 bits per heavy atom. The molecule has 10 nitrogen and oxygen atoms in total. The Morgan fingerprint density at radius 3 is 1.62 bits per heavy atom. The number of aliphatic hydroxyl groups is 1. The Labute approximate surface area is 362 Å². The maximum atomic E-state index is 15.0. The van der Waals surface area contributed by atoms with Crippen molar-refractivity contribution in [3.8, 4) is 11.8 Å². The third kappa shape index (κ3) is 21.8. The van der Waals surface area contributed by atoms with Crippen LogP contribution in [0.1, 0.15) is 173 Å². The monoisotopic (exact) mass is 849 g/mol. The molecule has 0 amide bonds. The maximum absolute atomic E-state index is 15.0. The van der Waals surface area contributed by atoms with E-state index < -0.39 is 12.3 Å². The molecule has 4 saturated carbocycles. The minimum Gasteiger partial charge on any atom is -0.465 e. The van der Waals surface area contributed by atoms with E-state index >= 15 is 4.39 Å². The van der Waals surface area contributed by atoms with Crippen LogP contribution in [0.15, 0.2) is 12.7 Å². The molecule has 4 aliphatic carbocycles. The van der Waals surface area contributed by atoms with Crippen LogP contribution in [0.5, 0.6) is 0 Å². The highest BCUT2D eigenvalue weighted by atomic mass is 19.1. The standard InChI is InChI=1S/C49H81FO10/c1-2-48(52)57-35-13-7-5-11-34-56-45-28-22-42(23-29-45)49(53)58-36-14-8-6-12-33-54-43-24-17-39(18-25-43)15-16-40-21-30-47(46(50)37-40)60-59-38-41-19-26-44(27-20-41)55-32-10-4-3-9-31-51/h2,39-47,51H,1,3-14,17-38H2. The van der Waals surface area contributed by atoms with E-state index in [4.69, 9.17) is 38.6 Å². The summed E-state index contributed by atoms with van der Waals surface area (Å²) in [5, 5.41) is 8.88. The Bertz CT molecular complexity index is 1200. The van der Waals surface area contributed by atoms with Crippen LogP contribution in [0, 0.1) is 35.5 Å². The molecule has 0 heterocycles. The minimum absolute atomic E-state index is 0.00183. The molecule has 0 bridgehead atoms. The lowest BCUT2D eigenvalue weighted by Gasteiger charge is -2.31. The second-order valence-corrected chi connectivity index (χ2v) is 17.9. The van der Waals surface area contributed by atoms with E-state index in [9.17, 15) is 9.59 Å². The largest absolute Gasteiger partial charge is 0.465 e. The van der Waals surface area contributed by atoms with E-state index in [1.165, 1.54) is 6.08 Å². The molecule has 0 aromatic rings. The summed E-state index contributed by atoms with van der Waals surface area (Å²) in [5.74, 6) is 7.40. The zero-order chi connectivity index (χ0) is 42.5. The fraction of sp³-hybridized carbons (Fsp3) is 0.878. The van der Waals surface area contributed by atoms with Gasteiger partial charge in [-0.15, -0.1) is 0 Å². The quantitative estimate of drug-likeness (QED) is 0.0195. The zero-order valence-corrected chi connectivity index (χ0v) is 37.0. The number of carbonyl (C=O) groups is 2. The van der Waals surface area contributed by atoms with Crippen LogP contribution < -0.4 is 0 Å². The van der Waals surface area contributed by atoms with Crippen molar-refractivity contribution in [2.75, 3.05) is 46.2 Å². The molecule has 3 atom stereocenters. The molecule has 0 aromatic carbocycles. The van der Waals surface area contributed by atoms with E-state index in [-0.39, 0.29) is 36.5 Å². The molecule has 0 aliphatic heterocycles. The molecule has 344 valence electrons. The summed E-state index contributed by atoms with van der Waals surface area (Å²) < 4.78 is 43.9. The average Bonchev–Trinajstić information content (AvgIpc) is 3.27. The van der Waals surface area contributed by atoms with Gasteiger partial charge in [-0.2, -0.15) is 0 Å². The number of esters is 2. The van der Waals surface area contributed by atoms with Gasteiger partial charge in [-0.1, -0.05) is 44.1 Å². The number of aliphatic hydroxyl groups excluding tert-OH is 1. The van der Waals surface area contributed by atoms with Crippen molar-refractivity contribution < 1.29 is 52.5 Å². The molecule has 0 radical (unpaired) electrons. The van der Waals surface area contributed by atoms with Crippen LogP contribution in [0.25, 0.3) is 0 Å². The number of alkyl halides is 1. The van der Waals surface area contributed by atoms with Gasteiger partial charge in [0.15, 0.2) is 0 Å². The summed E-state index contributed by atoms with van der Waals surface area (Å²) in [6.07, 6.45) is 26.4. The van der Waals surface area contributed by atoms with Gasteiger partial charge < -0.3 is 28.8 Å². The summed E-state index contributed by atoms with van der Waals surface area (Å²) in [5.41, 5.74) is 0. The fourth-order valence-corrected chi connectivity index (χ4v) is 9.05. The second kappa shape index (κ2) is 31.7. The van der Waals surface area contributed by atoms with Crippen molar-refractivity contribution in [2.45, 2.75) is 204 Å². The first-order chi connectivity index (χ1) is 29.4. The SMILES string of the molecule is C=CC(=O)OCCCCCCOC1CCC(C(=O)OCCCCCCOC2CCC(C#CC3CCC(OOCC4CCC(OCCCCCCO)CC4)C(F)C3)CC2)CC1. The number of halogens is 1. The van der Waals surface area contributed by atoms with Gasteiger partial charge in [-0.3, -0.25) is 4.79 Å². The van der Waals surface area contributed by atoms with Gasteiger partial charge >= 0.3 is 11.9 Å². The molecule has 3 unspecified atom stereocenters. The van der Waals surface area contributed by atoms with Crippen LogP contribution >= 0.6 is 0 Å². The molecule has 60 heavy (non-hydrogen) atoms. The van der Waals surface area contributed by atoms with Crippen molar-refractivity contribution in [1.82, 2.24) is 0 Å². The Balaban J connectivity index is 0.908. The maximum Gasteiger partial charge on any atom is 0.330 e. The summed E-state index contributed by atoms with van der Waals surface area (Å²) in [7, 11) is 0. The highest BCUT2D eigenvalue weighted by Gasteiger charge is 2.33. The Morgan fingerprint density at radius 1 is 0.583 bits per heavy atom. The summed E-state index contributed by atoms with van der Waals surface area (Å²) in [4.78, 5) is 34.8. The number of hydrogen-bond donors (Lipinski definition) is 1. The molecule has 4 aliphatic rings. The fourth-order valence-electron chi connectivity index (χ4n) is 9.05. The number of hydrogen-bond acceptors (Lipinski definition) is 10. The van der Waals surface area contributed by atoms with Gasteiger partial charge in [0.2, 0.25) is 0 Å². The third-order valence-electron chi connectivity index (χ3n) is 13.0. The number of rotatable bonds is 29. The lowest BCUT2D eigenvalue weighted by atomic mass is 9.84.